The van der Waals surface area contributed by atoms with E-state index in [1.807, 2.05) is 6.07 Å². The Bertz CT molecular complexity index is 313. The highest BCUT2D eigenvalue weighted by Gasteiger charge is 2.43. The van der Waals surface area contributed by atoms with E-state index in [9.17, 15) is 15.3 Å². The highest BCUT2D eigenvalue weighted by atomic mass is 16.7. The quantitative estimate of drug-likeness (QED) is 0.342. The number of nitriles is 1. The maximum Gasteiger partial charge on any atom is 0.186 e. The molecule has 1 heterocycles. The predicted octanol–water partition coefficient (Wildman–Crippen LogP) is -1.73. The minimum absolute atomic E-state index is 0.181. The molecule has 7 nitrogen and oxygen atoms in total. The van der Waals surface area contributed by atoms with Gasteiger partial charge in [0.2, 0.25) is 0 Å². The third-order valence-corrected chi connectivity index (χ3v) is 2.61. The van der Waals surface area contributed by atoms with Crippen LogP contribution in [-0.2, 0) is 9.47 Å². The molecular weight excluding hydrogens is 242 g/mol. The molecule has 7 heteroatoms. The van der Waals surface area contributed by atoms with Crippen LogP contribution in [0.3, 0.4) is 0 Å². The maximum atomic E-state index is 9.61. The zero-order valence-electron chi connectivity index (χ0n) is 9.72. The largest absolute Gasteiger partial charge is 0.394 e. The summed E-state index contributed by atoms with van der Waals surface area (Å²) in [6.45, 7) is -0.306. The van der Waals surface area contributed by atoms with Crippen molar-refractivity contribution in [2.75, 3.05) is 13.2 Å². The molecule has 0 aromatic carbocycles. The summed E-state index contributed by atoms with van der Waals surface area (Å²) in [6.07, 6.45) is -2.95. The number of aliphatic hydroxyl groups is 4. The molecule has 0 aromatic heterocycles. The van der Waals surface area contributed by atoms with Gasteiger partial charge in [-0.3, -0.25) is 0 Å². The van der Waals surface area contributed by atoms with Crippen molar-refractivity contribution in [1.29, 1.82) is 5.26 Å². The molecule has 1 aliphatic heterocycles. The number of allylic oxidation sites excluding steroid dienone is 1. The zero-order valence-corrected chi connectivity index (χ0v) is 9.72. The minimum atomic E-state index is -1.43. The van der Waals surface area contributed by atoms with Crippen LogP contribution < -0.4 is 0 Å². The van der Waals surface area contributed by atoms with Crippen molar-refractivity contribution in [3.05, 3.63) is 12.2 Å². The Kier molecular flexibility index (Phi) is 6.21. The Labute approximate surface area is 104 Å². The predicted molar refractivity (Wildman–Crippen MR) is 59.1 cm³/mol. The molecule has 1 rings (SSSR count). The van der Waals surface area contributed by atoms with Crippen LogP contribution in [0.1, 0.15) is 6.42 Å². The molecule has 1 aliphatic rings. The highest BCUT2D eigenvalue weighted by Crippen LogP contribution is 2.21. The van der Waals surface area contributed by atoms with E-state index < -0.39 is 37.3 Å². The van der Waals surface area contributed by atoms with Crippen LogP contribution in [0, 0.1) is 11.3 Å². The summed E-state index contributed by atoms with van der Waals surface area (Å²) >= 11 is 0. The lowest BCUT2D eigenvalue weighted by Crippen LogP contribution is -2.59. The molecule has 102 valence electrons. The van der Waals surface area contributed by atoms with Gasteiger partial charge in [-0.05, 0) is 6.42 Å². The Morgan fingerprint density at radius 3 is 2.56 bits per heavy atom. The smallest absolute Gasteiger partial charge is 0.186 e. The van der Waals surface area contributed by atoms with Crippen molar-refractivity contribution >= 4 is 0 Å². The molecule has 18 heavy (non-hydrogen) atoms. The Balaban J connectivity index is 2.44. The number of aliphatic hydroxyl groups excluding tert-OH is 4. The fourth-order valence-electron chi connectivity index (χ4n) is 1.59. The summed E-state index contributed by atoms with van der Waals surface area (Å²) < 4.78 is 10.3. The lowest BCUT2D eigenvalue weighted by molar-refractivity contribution is -0.300. The van der Waals surface area contributed by atoms with E-state index in [1.54, 1.807) is 6.08 Å². The molecular formula is C11H17NO6. The van der Waals surface area contributed by atoms with Crippen molar-refractivity contribution in [2.45, 2.75) is 37.1 Å². The first-order valence-corrected chi connectivity index (χ1v) is 5.58. The van der Waals surface area contributed by atoms with E-state index >= 15 is 0 Å². The molecule has 0 radical (unpaired) electrons. The van der Waals surface area contributed by atoms with Crippen molar-refractivity contribution in [3.8, 4) is 6.07 Å². The van der Waals surface area contributed by atoms with Gasteiger partial charge in [-0.25, -0.2) is 0 Å². The Morgan fingerprint density at radius 1 is 1.22 bits per heavy atom. The first kappa shape index (κ1) is 15.0. The number of hydrogen-bond donors (Lipinski definition) is 4. The van der Waals surface area contributed by atoms with Crippen LogP contribution in [0.2, 0.25) is 0 Å². The van der Waals surface area contributed by atoms with Crippen molar-refractivity contribution in [2.24, 2.45) is 0 Å². The molecule has 0 aliphatic carbocycles. The van der Waals surface area contributed by atoms with Gasteiger partial charge in [0.25, 0.3) is 0 Å². The van der Waals surface area contributed by atoms with Crippen LogP contribution in [0.4, 0.5) is 0 Å². The molecule has 1 saturated heterocycles. The fourth-order valence-corrected chi connectivity index (χ4v) is 1.59. The summed E-state index contributed by atoms with van der Waals surface area (Å²) in [6, 6.07) is 1.82. The van der Waals surface area contributed by atoms with Crippen molar-refractivity contribution in [1.82, 2.24) is 0 Å². The maximum absolute atomic E-state index is 9.61. The van der Waals surface area contributed by atoms with Gasteiger partial charge >= 0.3 is 0 Å². The standard InChI is InChI=1S/C11H17NO6/c12-4-2-1-3-5-17-11-10(16)9(15)8(14)7(6-13)18-11/h1-2,7-11,13-16H,3,5-6H2. The molecule has 0 saturated carbocycles. The number of hydrogen-bond acceptors (Lipinski definition) is 7. The highest BCUT2D eigenvalue weighted by molar-refractivity contribution is 5.01. The van der Waals surface area contributed by atoms with Gasteiger partial charge in [-0.15, -0.1) is 0 Å². The number of nitrogens with zero attached hydrogens (tertiary/aromatic N) is 1. The molecule has 5 atom stereocenters. The Hall–Kier alpha value is -1.01. The molecule has 5 unspecified atom stereocenters. The molecule has 0 aromatic rings. The van der Waals surface area contributed by atoms with Gasteiger partial charge in [-0.2, -0.15) is 5.26 Å². The van der Waals surface area contributed by atoms with E-state index in [0.29, 0.717) is 6.42 Å². The van der Waals surface area contributed by atoms with Gasteiger partial charge in [-0.1, -0.05) is 6.08 Å². The molecule has 0 amide bonds. The van der Waals surface area contributed by atoms with Gasteiger partial charge in [0, 0.05) is 6.08 Å². The van der Waals surface area contributed by atoms with Crippen LogP contribution in [-0.4, -0.2) is 64.3 Å². The lowest BCUT2D eigenvalue weighted by atomic mass is 9.99. The summed E-state index contributed by atoms with van der Waals surface area (Å²) in [5.74, 6) is 0. The summed E-state index contributed by atoms with van der Waals surface area (Å²) in [5, 5.41) is 45.8. The van der Waals surface area contributed by atoms with E-state index in [0.717, 1.165) is 0 Å². The van der Waals surface area contributed by atoms with E-state index in [2.05, 4.69) is 0 Å². The minimum Gasteiger partial charge on any atom is -0.394 e. The summed E-state index contributed by atoms with van der Waals surface area (Å²) in [4.78, 5) is 0. The SMILES string of the molecule is N#CC=CCCOC1OC(CO)C(O)C(O)C1O. The van der Waals surface area contributed by atoms with E-state index in [4.69, 9.17) is 19.8 Å². The van der Waals surface area contributed by atoms with Crippen molar-refractivity contribution in [3.63, 3.8) is 0 Å². The van der Waals surface area contributed by atoms with Gasteiger partial charge in [0.1, 0.15) is 24.4 Å². The molecule has 0 bridgehead atoms. The fraction of sp³-hybridized carbons (Fsp3) is 0.727. The second-order valence-corrected chi connectivity index (χ2v) is 3.89. The number of rotatable bonds is 5. The van der Waals surface area contributed by atoms with Crippen LogP contribution in [0.25, 0.3) is 0 Å². The van der Waals surface area contributed by atoms with Gasteiger partial charge < -0.3 is 29.9 Å². The van der Waals surface area contributed by atoms with Crippen LogP contribution in [0.15, 0.2) is 12.2 Å². The molecule has 4 N–H and O–H groups in total. The van der Waals surface area contributed by atoms with Crippen LogP contribution >= 0.6 is 0 Å². The zero-order chi connectivity index (χ0) is 13.5. The molecule has 0 spiro atoms. The average molecular weight is 259 g/mol. The van der Waals surface area contributed by atoms with E-state index in [1.165, 1.54) is 6.08 Å². The first-order chi connectivity index (χ1) is 8.61. The average Bonchev–Trinajstić information content (AvgIpc) is 2.38. The topological polar surface area (TPSA) is 123 Å². The summed E-state index contributed by atoms with van der Waals surface area (Å²) in [5.41, 5.74) is 0. The van der Waals surface area contributed by atoms with Gasteiger partial charge in [0.05, 0.1) is 19.3 Å². The second-order valence-electron chi connectivity index (χ2n) is 3.89. The second kappa shape index (κ2) is 7.43. The first-order valence-electron chi connectivity index (χ1n) is 5.58. The number of ether oxygens (including phenoxy) is 2. The monoisotopic (exact) mass is 259 g/mol. The lowest BCUT2D eigenvalue weighted by Gasteiger charge is -2.39. The van der Waals surface area contributed by atoms with Crippen molar-refractivity contribution < 1.29 is 29.9 Å². The molecule has 1 fully saturated rings. The normalized spacial score (nSPS) is 36.7. The third kappa shape index (κ3) is 3.74. The summed E-state index contributed by atoms with van der Waals surface area (Å²) in [7, 11) is 0. The van der Waals surface area contributed by atoms with Crippen LogP contribution in [0.5, 0.6) is 0 Å². The third-order valence-electron chi connectivity index (χ3n) is 2.61. The van der Waals surface area contributed by atoms with Gasteiger partial charge in [0.15, 0.2) is 6.29 Å². The Morgan fingerprint density at radius 2 is 1.94 bits per heavy atom. The van der Waals surface area contributed by atoms with E-state index in [-0.39, 0.29) is 6.61 Å².